The zero-order chi connectivity index (χ0) is 19.5. The first kappa shape index (κ1) is 20.1. The van der Waals surface area contributed by atoms with Crippen LogP contribution in [-0.4, -0.2) is 0 Å². The van der Waals surface area contributed by atoms with Gasteiger partial charge < -0.3 is 0 Å². The third-order valence-electron chi connectivity index (χ3n) is 3.95. The van der Waals surface area contributed by atoms with Crippen LogP contribution in [0.5, 0.6) is 0 Å². The van der Waals surface area contributed by atoms with E-state index in [0.29, 0.717) is 24.0 Å². The molecule has 0 spiro atoms. The molecule has 26 heavy (non-hydrogen) atoms. The summed E-state index contributed by atoms with van der Waals surface area (Å²) >= 11 is 0. The third-order valence-corrected chi connectivity index (χ3v) is 3.95. The van der Waals surface area contributed by atoms with E-state index in [2.05, 4.69) is 0 Å². The SMILES string of the molecule is C/C=C/c1ccc(C(F)(F)F)c(-c2cc(C(F)(F)F)ccc2CCC)c1. The van der Waals surface area contributed by atoms with Crippen LogP contribution in [0.15, 0.2) is 42.5 Å². The lowest BCUT2D eigenvalue weighted by atomic mass is 9.90. The van der Waals surface area contributed by atoms with E-state index in [1.54, 1.807) is 19.1 Å². The maximum atomic E-state index is 13.5. The molecule has 0 atom stereocenters. The molecule has 2 aromatic rings. The van der Waals surface area contributed by atoms with Crippen molar-refractivity contribution in [2.45, 2.75) is 39.0 Å². The first-order chi connectivity index (χ1) is 12.1. The largest absolute Gasteiger partial charge is 0.417 e. The molecule has 0 aliphatic heterocycles. The summed E-state index contributed by atoms with van der Waals surface area (Å²) in [5.41, 5.74) is -1.21. The number of halogens is 6. The van der Waals surface area contributed by atoms with E-state index in [1.807, 2.05) is 6.92 Å². The fourth-order valence-electron chi connectivity index (χ4n) is 2.82. The molecular weight excluding hydrogens is 354 g/mol. The van der Waals surface area contributed by atoms with Crippen molar-refractivity contribution in [2.24, 2.45) is 0 Å². The molecule has 6 heteroatoms. The second-order valence-electron chi connectivity index (χ2n) is 5.92. The molecule has 0 unspecified atom stereocenters. The molecule has 2 aromatic carbocycles. The summed E-state index contributed by atoms with van der Waals surface area (Å²) in [6, 6.07) is 6.51. The molecule has 0 N–H and O–H groups in total. The van der Waals surface area contributed by atoms with Gasteiger partial charge >= 0.3 is 12.4 Å². The second-order valence-corrected chi connectivity index (χ2v) is 5.92. The highest BCUT2D eigenvalue weighted by atomic mass is 19.4. The van der Waals surface area contributed by atoms with Gasteiger partial charge in [0.15, 0.2) is 0 Å². The normalized spacial score (nSPS) is 12.8. The number of allylic oxidation sites excluding steroid dienone is 1. The molecule has 0 radical (unpaired) electrons. The Labute approximate surface area is 148 Å². The maximum absolute atomic E-state index is 13.5. The number of aryl methyl sites for hydroxylation is 1. The first-order valence-corrected chi connectivity index (χ1v) is 8.12. The van der Waals surface area contributed by atoms with Crippen LogP contribution in [0.4, 0.5) is 26.3 Å². The lowest BCUT2D eigenvalue weighted by Crippen LogP contribution is -2.10. The highest BCUT2D eigenvalue weighted by molar-refractivity contribution is 5.75. The fraction of sp³-hybridized carbons (Fsp3) is 0.300. The Balaban J connectivity index is 2.80. The van der Waals surface area contributed by atoms with Gasteiger partial charge in [-0.3, -0.25) is 0 Å². The number of hydrogen-bond acceptors (Lipinski definition) is 0. The summed E-state index contributed by atoms with van der Waals surface area (Å²) in [6.45, 7) is 3.53. The summed E-state index contributed by atoms with van der Waals surface area (Å²) in [5, 5.41) is 0. The Morgan fingerprint density at radius 3 is 2.08 bits per heavy atom. The van der Waals surface area contributed by atoms with Gasteiger partial charge in [0.2, 0.25) is 0 Å². The minimum Gasteiger partial charge on any atom is -0.166 e. The third kappa shape index (κ3) is 4.48. The highest BCUT2D eigenvalue weighted by Crippen LogP contribution is 2.41. The molecule has 2 rings (SSSR count). The van der Waals surface area contributed by atoms with Crippen LogP contribution in [0.2, 0.25) is 0 Å². The monoisotopic (exact) mass is 372 g/mol. The van der Waals surface area contributed by atoms with Crippen molar-refractivity contribution in [1.29, 1.82) is 0 Å². The standard InChI is InChI=1S/C20H18F6/c1-3-5-13-7-10-18(20(24,25)26)17(11-13)16-12-15(19(21,22)23)9-8-14(16)6-4-2/h3,5,7-12H,4,6H2,1-2H3/b5-3+. The van der Waals surface area contributed by atoms with Crippen LogP contribution >= 0.6 is 0 Å². The summed E-state index contributed by atoms with van der Waals surface area (Å²) in [5.74, 6) is 0. The lowest BCUT2D eigenvalue weighted by Gasteiger charge is -2.18. The van der Waals surface area contributed by atoms with E-state index in [9.17, 15) is 26.3 Å². The van der Waals surface area contributed by atoms with E-state index in [1.165, 1.54) is 18.2 Å². The Morgan fingerprint density at radius 2 is 1.54 bits per heavy atom. The van der Waals surface area contributed by atoms with E-state index < -0.39 is 23.5 Å². The minimum atomic E-state index is -4.67. The van der Waals surface area contributed by atoms with Gasteiger partial charge in [0, 0.05) is 0 Å². The molecule has 0 heterocycles. The predicted molar refractivity (Wildman–Crippen MR) is 90.6 cm³/mol. The minimum absolute atomic E-state index is 0.0275. The molecule has 0 saturated heterocycles. The Morgan fingerprint density at radius 1 is 0.846 bits per heavy atom. The molecule has 0 saturated carbocycles. The van der Waals surface area contributed by atoms with Crippen molar-refractivity contribution >= 4 is 6.08 Å². The van der Waals surface area contributed by atoms with Crippen LogP contribution < -0.4 is 0 Å². The van der Waals surface area contributed by atoms with Gasteiger partial charge in [0.25, 0.3) is 0 Å². The Hall–Kier alpha value is -2.24. The molecule has 140 valence electrons. The first-order valence-electron chi connectivity index (χ1n) is 8.12. The van der Waals surface area contributed by atoms with Gasteiger partial charge in [-0.05, 0) is 59.9 Å². The number of benzene rings is 2. The van der Waals surface area contributed by atoms with Crippen molar-refractivity contribution < 1.29 is 26.3 Å². The number of hydrogen-bond donors (Lipinski definition) is 0. The summed E-state index contributed by atoms with van der Waals surface area (Å²) in [4.78, 5) is 0. The average Bonchev–Trinajstić information content (AvgIpc) is 2.53. The molecule has 0 aliphatic carbocycles. The van der Waals surface area contributed by atoms with Crippen molar-refractivity contribution in [3.05, 3.63) is 64.7 Å². The summed E-state index contributed by atoms with van der Waals surface area (Å²) in [6.07, 6.45) is -5.03. The van der Waals surface area contributed by atoms with E-state index >= 15 is 0 Å². The fourth-order valence-corrected chi connectivity index (χ4v) is 2.82. The number of rotatable bonds is 4. The van der Waals surface area contributed by atoms with Crippen LogP contribution in [0, 0.1) is 0 Å². The van der Waals surface area contributed by atoms with Gasteiger partial charge in [-0.2, -0.15) is 26.3 Å². The smallest absolute Gasteiger partial charge is 0.166 e. The zero-order valence-corrected chi connectivity index (χ0v) is 14.3. The average molecular weight is 372 g/mol. The molecule has 0 aliphatic rings. The van der Waals surface area contributed by atoms with Crippen molar-refractivity contribution in [3.8, 4) is 11.1 Å². The molecule has 0 aromatic heterocycles. The number of alkyl halides is 6. The van der Waals surface area contributed by atoms with E-state index in [-0.39, 0.29) is 11.1 Å². The van der Waals surface area contributed by atoms with Crippen LogP contribution in [0.1, 0.15) is 42.5 Å². The van der Waals surface area contributed by atoms with Crippen LogP contribution in [0.3, 0.4) is 0 Å². The van der Waals surface area contributed by atoms with Gasteiger partial charge in [-0.15, -0.1) is 0 Å². The van der Waals surface area contributed by atoms with E-state index in [4.69, 9.17) is 0 Å². The van der Waals surface area contributed by atoms with Crippen molar-refractivity contribution in [2.75, 3.05) is 0 Å². The highest BCUT2D eigenvalue weighted by Gasteiger charge is 2.35. The van der Waals surface area contributed by atoms with Crippen molar-refractivity contribution in [1.82, 2.24) is 0 Å². The topological polar surface area (TPSA) is 0 Å². The van der Waals surface area contributed by atoms with Crippen LogP contribution in [0.25, 0.3) is 17.2 Å². The molecule has 0 fully saturated rings. The van der Waals surface area contributed by atoms with Crippen LogP contribution in [-0.2, 0) is 18.8 Å². The lowest BCUT2D eigenvalue weighted by molar-refractivity contribution is -0.137. The zero-order valence-electron chi connectivity index (χ0n) is 14.3. The Kier molecular flexibility index (Phi) is 5.84. The molecular formula is C20H18F6. The van der Waals surface area contributed by atoms with Gasteiger partial charge in [0.1, 0.15) is 0 Å². The predicted octanol–water partition coefficient (Wildman–Crippen LogP) is 7.38. The summed E-state index contributed by atoms with van der Waals surface area (Å²) < 4.78 is 79.7. The Bertz CT molecular complexity index is 797. The molecule has 0 bridgehead atoms. The van der Waals surface area contributed by atoms with Gasteiger partial charge in [-0.1, -0.05) is 37.6 Å². The quantitative estimate of drug-likeness (QED) is 0.491. The van der Waals surface area contributed by atoms with Gasteiger partial charge in [-0.25, -0.2) is 0 Å². The van der Waals surface area contributed by atoms with E-state index in [0.717, 1.165) is 18.2 Å². The van der Waals surface area contributed by atoms with Crippen molar-refractivity contribution in [3.63, 3.8) is 0 Å². The second kappa shape index (κ2) is 7.56. The summed E-state index contributed by atoms with van der Waals surface area (Å²) in [7, 11) is 0. The molecule has 0 nitrogen and oxygen atoms in total. The maximum Gasteiger partial charge on any atom is 0.417 e. The molecule has 0 amide bonds. The van der Waals surface area contributed by atoms with Gasteiger partial charge in [0.05, 0.1) is 11.1 Å².